The van der Waals surface area contributed by atoms with E-state index in [1.54, 1.807) is 0 Å². The van der Waals surface area contributed by atoms with E-state index in [9.17, 15) is 14.3 Å². The van der Waals surface area contributed by atoms with Gasteiger partial charge in [-0.05, 0) is 30.3 Å². The zero-order chi connectivity index (χ0) is 13.1. The van der Waals surface area contributed by atoms with Crippen LogP contribution in [0, 0.1) is 5.82 Å². The van der Waals surface area contributed by atoms with Crippen molar-refractivity contribution in [3.63, 3.8) is 0 Å². The highest BCUT2D eigenvalue weighted by atomic mass is 19.1. The lowest BCUT2D eigenvalue weighted by Gasteiger charge is -2.08. The molecule has 0 bridgehead atoms. The number of nitrogens with one attached hydrogen (secondary N) is 1. The highest BCUT2D eigenvalue weighted by Gasteiger charge is 2.09. The van der Waals surface area contributed by atoms with E-state index in [1.165, 1.54) is 36.4 Å². The number of hydrogen-bond donors (Lipinski definition) is 3. The number of phenolic OH excluding ortho intramolecular Hbond substituents is 1. The minimum Gasteiger partial charge on any atom is -0.508 e. The van der Waals surface area contributed by atoms with Crippen molar-refractivity contribution in [3.05, 3.63) is 53.8 Å². The number of nitrogen functional groups attached to an aromatic ring is 1. The first-order valence-electron chi connectivity index (χ1n) is 5.21. The summed E-state index contributed by atoms with van der Waals surface area (Å²) in [6, 6.07) is 9.53. The van der Waals surface area contributed by atoms with Crippen molar-refractivity contribution in [2.24, 2.45) is 0 Å². The fourth-order valence-electron chi connectivity index (χ4n) is 1.49. The van der Waals surface area contributed by atoms with E-state index in [4.69, 9.17) is 5.73 Å². The van der Waals surface area contributed by atoms with Crippen LogP contribution >= 0.6 is 0 Å². The molecule has 0 heterocycles. The monoisotopic (exact) mass is 246 g/mol. The predicted octanol–water partition coefficient (Wildman–Crippen LogP) is 2.37. The fourth-order valence-corrected chi connectivity index (χ4v) is 1.49. The summed E-state index contributed by atoms with van der Waals surface area (Å²) in [6.07, 6.45) is 0. The van der Waals surface area contributed by atoms with Crippen LogP contribution in [0.5, 0.6) is 5.75 Å². The van der Waals surface area contributed by atoms with Crippen LogP contribution < -0.4 is 11.1 Å². The Morgan fingerprint density at radius 3 is 2.67 bits per heavy atom. The molecule has 0 atom stereocenters. The first-order valence-corrected chi connectivity index (χ1v) is 5.21. The molecule has 0 radical (unpaired) electrons. The van der Waals surface area contributed by atoms with E-state index in [2.05, 4.69) is 5.32 Å². The van der Waals surface area contributed by atoms with Crippen molar-refractivity contribution in [1.29, 1.82) is 0 Å². The molecule has 4 N–H and O–H groups in total. The van der Waals surface area contributed by atoms with Crippen LogP contribution in [0.15, 0.2) is 42.5 Å². The van der Waals surface area contributed by atoms with Gasteiger partial charge in [0, 0.05) is 11.6 Å². The van der Waals surface area contributed by atoms with Crippen LogP contribution in [-0.2, 0) is 0 Å². The lowest BCUT2D eigenvalue weighted by Crippen LogP contribution is -2.13. The van der Waals surface area contributed by atoms with Gasteiger partial charge in [-0.3, -0.25) is 4.79 Å². The number of nitrogens with two attached hydrogens (primary N) is 1. The van der Waals surface area contributed by atoms with Crippen molar-refractivity contribution >= 4 is 17.3 Å². The summed E-state index contributed by atoms with van der Waals surface area (Å²) < 4.78 is 13.0. The molecule has 1 amide bonds. The number of aromatic hydroxyl groups is 1. The Kier molecular flexibility index (Phi) is 3.14. The van der Waals surface area contributed by atoms with E-state index < -0.39 is 11.7 Å². The predicted molar refractivity (Wildman–Crippen MR) is 66.9 cm³/mol. The summed E-state index contributed by atoms with van der Waals surface area (Å²) in [5.74, 6) is -0.940. The zero-order valence-electron chi connectivity index (χ0n) is 9.35. The number of carbonyl (C=O) groups excluding carboxylic acids is 1. The van der Waals surface area contributed by atoms with Crippen molar-refractivity contribution in [2.75, 3.05) is 11.1 Å². The summed E-state index contributed by atoms with van der Waals surface area (Å²) >= 11 is 0. The van der Waals surface area contributed by atoms with Gasteiger partial charge in [-0.15, -0.1) is 0 Å². The maximum absolute atomic E-state index is 13.0. The Balaban J connectivity index is 2.21. The van der Waals surface area contributed by atoms with Crippen molar-refractivity contribution in [1.82, 2.24) is 0 Å². The van der Waals surface area contributed by atoms with Crippen LogP contribution in [0.25, 0.3) is 0 Å². The third-order valence-electron chi connectivity index (χ3n) is 2.37. The van der Waals surface area contributed by atoms with E-state index in [1.807, 2.05) is 0 Å². The number of rotatable bonds is 2. The second kappa shape index (κ2) is 4.75. The number of benzene rings is 2. The molecule has 0 aliphatic carbocycles. The maximum Gasteiger partial charge on any atom is 0.255 e. The quantitative estimate of drug-likeness (QED) is 0.562. The van der Waals surface area contributed by atoms with Gasteiger partial charge in [0.15, 0.2) is 0 Å². The molecule has 18 heavy (non-hydrogen) atoms. The number of carbonyl (C=O) groups is 1. The minimum atomic E-state index is -0.485. The Bertz CT molecular complexity index is 599. The molecule has 0 aliphatic heterocycles. The molecule has 2 aromatic carbocycles. The highest BCUT2D eigenvalue weighted by Crippen LogP contribution is 2.23. The third-order valence-corrected chi connectivity index (χ3v) is 2.37. The largest absolute Gasteiger partial charge is 0.508 e. The minimum absolute atomic E-state index is 0.0104. The number of amides is 1. The van der Waals surface area contributed by atoms with Crippen molar-refractivity contribution < 1.29 is 14.3 Å². The van der Waals surface area contributed by atoms with E-state index in [-0.39, 0.29) is 17.0 Å². The standard InChI is InChI=1S/C13H11FN2O2/c14-9-3-1-2-8(6-9)13(18)16-12-5-4-10(17)7-11(12)15/h1-7,17H,15H2,(H,16,18). The van der Waals surface area contributed by atoms with Crippen LogP contribution in [0.2, 0.25) is 0 Å². The number of phenols is 1. The lowest BCUT2D eigenvalue weighted by atomic mass is 10.2. The molecule has 0 spiro atoms. The van der Waals surface area contributed by atoms with Gasteiger partial charge >= 0.3 is 0 Å². The molecule has 4 nitrogen and oxygen atoms in total. The molecule has 92 valence electrons. The molecule has 0 aromatic heterocycles. The third kappa shape index (κ3) is 2.57. The first kappa shape index (κ1) is 11.9. The van der Waals surface area contributed by atoms with Gasteiger partial charge in [0.2, 0.25) is 0 Å². The molecule has 0 aliphatic rings. The van der Waals surface area contributed by atoms with Crippen LogP contribution in [0.4, 0.5) is 15.8 Å². The fraction of sp³-hybridized carbons (Fsp3) is 0. The molecule has 2 rings (SSSR count). The van der Waals surface area contributed by atoms with Crippen molar-refractivity contribution in [2.45, 2.75) is 0 Å². The Morgan fingerprint density at radius 1 is 1.22 bits per heavy atom. The lowest BCUT2D eigenvalue weighted by molar-refractivity contribution is 0.102. The summed E-state index contributed by atoms with van der Waals surface area (Å²) in [7, 11) is 0. The van der Waals surface area contributed by atoms with E-state index in [0.717, 1.165) is 6.07 Å². The van der Waals surface area contributed by atoms with Gasteiger partial charge in [0.25, 0.3) is 5.91 Å². The summed E-state index contributed by atoms with van der Waals surface area (Å²) in [5.41, 5.74) is 6.42. The second-order valence-corrected chi connectivity index (χ2v) is 3.74. The Labute approximate surface area is 103 Å². The average Bonchev–Trinajstić information content (AvgIpc) is 2.32. The van der Waals surface area contributed by atoms with Crippen LogP contribution in [0.3, 0.4) is 0 Å². The van der Waals surface area contributed by atoms with Gasteiger partial charge in [-0.2, -0.15) is 0 Å². The van der Waals surface area contributed by atoms with E-state index >= 15 is 0 Å². The average molecular weight is 246 g/mol. The molecule has 0 saturated heterocycles. The SMILES string of the molecule is Nc1cc(O)ccc1NC(=O)c1cccc(F)c1. The summed E-state index contributed by atoms with van der Waals surface area (Å²) in [5, 5.41) is 11.7. The maximum atomic E-state index is 13.0. The van der Waals surface area contributed by atoms with Crippen LogP contribution in [-0.4, -0.2) is 11.0 Å². The molecular formula is C13H11FN2O2. The first-order chi connectivity index (χ1) is 8.56. The van der Waals surface area contributed by atoms with Gasteiger partial charge in [-0.25, -0.2) is 4.39 Å². The molecular weight excluding hydrogens is 235 g/mol. The number of hydrogen-bond acceptors (Lipinski definition) is 3. The summed E-state index contributed by atoms with van der Waals surface area (Å²) in [6.45, 7) is 0. The summed E-state index contributed by atoms with van der Waals surface area (Å²) in [4.78, 5) is 11.8. The molecule has 0 saturated carbocycles. The van der Waals surface area contributed by atoms with Gasteiger partial charge in [0.05, 0.1) is 11.4 Å². The highest BCUT2D eigenvalue weighted by molar-refractivity contribution is 6.05. The van der Waals surface area contributed by atoms with Gasteiger partial charge in [-0.1, -0.05) is 6.07 Å². The molecule has 0 unspecified atom stereocenters. The van der Waals surface area contributed by atoms with Crippen molar-refractivity contribution in [3.8, 4) is 5.75 Å². The number of anilines is 2. The van der Waals surface area contributed by atoms with Crippen LogP contribution in [0.1, 0.15) is 10.4 Å². The Hall–Kier alpha value is -2.56. The van der Waals surface area contributed by atoms with Gasteiger partial charge in [0.1, 0.15) is 11.6 Å². The number of halogens is 1. The normalized spacial score (nSPS) is 10.1. The second-order valence-electron chi connectivity index (χ2n) is 3.74. The topological polar surface area (TPSA) is 75.3 Å². The molecule has 0 fully saturated rings. The van der Waals surface area contributed by atoms with E-state index in [0.29, 0.717) is 5.69 Å². The molecule has 5 heteroatoms. The molecule has 2 aromatic rings. The Morgan fingerprint density at radius 2 is 2.00 bits per heavy atom. The zero-order valence-corrected chi connectivity index (χ0v) is 9.35. The van der Waals surface area contributed by atoms with Gasteiger partial charge < -0.3 is 16.2 Å². The smallest absolute Gasteiger partial charge is 0.255 e.